The lowest BCUT2D eigenvalue weighted by Crippen LogP contribution is -2.66. The van der Waals surface area contributed by atoms with Gasteiger partial charge in [-0.25, -0.2) is 0 Å². The molecule has 224 valence electrons. The van der Waals surface area contributed by atoms with Gasteiger partial charge in [-0.1, -0.05) is 93.6 Å². The van der Waals surface area contributed by atoms with E-state index in [1.165, 1.54) is 10.4 Å². The fourth-order valence-electron chi connectivity index (χ4n) is 6.91. The highest BCUT2D eigenvalue weighted by molar-refractivity contribution is 6.99. The lowest BCUT2D eigenvalue weighted by Gasteiger charge is -2.43. The number of aliphatic hydroxyl groups excluding tert-OH is 1. The van der Waals surface area contributed by atoms with Gasteiger partial charge in [0.1, 0.15) is 0 Å². The fourth-order valence-corrected chi connectivity index (χ4v) is 11.4. The zero-order valence-electron chi connectivity index (χ0n) is 25.5. The zero-order chi connectivity index (χ0) is 30.5. The summed E-state index contributed by atoms with van der Waals surface area (Å²) in [6.07, 6.45) is 0. The van der Waals surface area contributed by atoms with Crippen LogP contribution in [0.5, 0.6) is 23.0 Å². The monoisotopic (exact) mass is 604 g/mol. The Kier molecular flexibility index (Phi) is 7.12. The molecule has 0 spiro atoms. The molecule has 0 atom stereocenters. The van der Waals surface area contributed by atoms with Crippen molar-refractivity contribution < 1.29 is 28.5 Å². The molecule has 2 aliphatic heterocycles. The lowest BCUT2D eigenvalue weighted by molar-refractivity contribution is 0.174. The number of ether oxygens (including phenoxy) is 4. The normalized spacial score (nSPS) is 13.9. The highest BCUT2D eigenvalue weighted by Gasteiger charge is 2.50. The third-order valence-electron chi connectivity index (χ3n) is 8.98. The lowest BCUT2D eigenvalue weighted by atomic mass is 9.86. The van der Waals surface area contributed by atoms with Crippen LogP contribution in [0, 0.1) is 6.92 Å². The van der Waals surface area contributed by atoms with Crippen molar-refractivity contribution in [2.24, 2.45) is 0 Å². The molecule has 2 aliphatic rings. The van der Waals surface area contributed by atoms with E-state index in [4.69, 9.17) is 23.4 Å². The van der Waals surface area contributed by atoms with Crippen LogP contribution in [0.4, 0.5) is 0 Å². The number of hydrogen-bond acceptors (Lipinski definition) is 6. The Hall–Kier alpha value is -4.30. The zero-order valence-corrected chi connectivity index (χ0v) is 26.5. The molecule has 5 aromatic carbocycles. The van der Waals surface area contributed by atoms with Gasteiger partial charge in [0, 0.05) is 5.39 Å². The van der Waals surface area contributed by atoms with Crippen LogP contribution in [0.25, 0.3) is 21.9 Å². The van der Waals surface area contributed by atoms with Gasteiger partial charge in [-0.05, 0) is 73.7 Å². The van der Waals surface area contributed by atoms with E-state index in [1.807, 2.05) is 36.4 Å². The minimum Gasteiger partial charge on any atom is -0.454 e. The number of hydrogen-bond donors (Lipinski definition) is 1. The molecule has 7 heteroatoms. The van der Waals surface area contributed by atoms with E-state index in [1.54, 1.807) is 0 Å². The highest BCUT2D eigenvalue weighted by Crippen LogP contribution is 2.49. The molecule has 0 radical (unpaired) electrons. The first-order valence-corrected chi connectivity index (χ1v) is 16.9. The maximum Gasteiger partial charge on any atom is 0.261 e. The van der Waals surface area contributed by atoms with Gasteiger partial charge in [0.05, 0.1) is 13.2 Å². The van der Waals surface area contributed by atoms with Crippen molar-refractivity contribution in [3.8, 4) is 34.1 Å². The SMILES string of the molecule is Cc1c(CO)c(CO[Si](c2ccccc2)(c2ccccc2)C(C)(C)C)c(-c2ccc3c(c2)OCO3)c2c3c(ccc12)OCO3. The summed E-state index contributed by atoms with van der Waals surface area (Å²) in [4.78, 5) is 0. The summed E-state index contributed by atoms with van der Waals surface area (Å²) in [5, 5.41) is 15.1. The molecule has 5 aromatic rings. The summed E-state index contributed by atoms with van der Waals surface area (Å²) in [5.74, 6) is 2.80. The Morgan fingerprint density at radius 1 is 0.727 bits per heavy atom. The van der Waals surface area contributed by atoms with Crippen LogP contribution in [0.1, 0.15) is 37.5 Å². The number of benzene rings is 5. The van der Waals surface area contributed by atoms with Gasteiger partial charge in [0.15, 0.2) is 23.0 Å². The molecule has 2 heterocycles. The average molecular weight is 605 g/mol. The third-order valence-corrected chi connectivity index (χ3v) is 14.0. The van der Waals surface area contributed by atoms with Crippen molar-refractivity contribution >= 4 is 29.5 Å². The molecular formula is C37H36O6Si. The van der Waals surface area contributed by atoms with Crippen LogP contribution < -0.4 is 29.3 Å². The Morgan fingerprint density at radius 2 is 1.34 bits per heavy atom. The minimum atomic E-state index is -2.90. The van der Waals surface area contributed by atoms with E-state index >= 15 is 0 Å². The first-order valence-electron chi connectivity index (χ1n) is 15.0. The molecule has 0 unspecified atom stereocenters. The van der Waals surface area contributed by atoms with E-state index in [9.17, 15) is 5.11 Å². The van der Waals surface area contributed by atoms with Crippen LogP contribution in [0.2, 0.25) is 5.04 Å². The number of fused-ring (bicyclic) bond motifs is 4. The van der Waals surface area contributed by atoms with Gasteiger partial charge in [-0.2, -0.15) is 0 Å². The quantitative estimate of drug-likeness (QED) is 0.205. The van der Waals surface area contributed by atoms with Gasteiger partial charge < -0.3 is 28.5 Å². The van der Waals surface area contributed by atoms with Crippen LogP contribution in [-0.2, 0) is 17.6 Å². The molecule has 0 fully saturated rings. The smallest absolute Gasteiger partial charge is 0.261 e. The Balaban J connectivity index is 1.50. The number of aliphatic hydroxyl groups is 1. The fraction of sp³-hybridized carbons (Fsp3) is 0.243. The number of rotatable bonds is 7. The van der Waals surface area contributed by atoms with Crippen molar-refractivity contribution in [1.82, 2.24) is 0 Å². The second-order valence-electron chi connectivity index (χ2n) is 12.4. The van der Waals surface area contributed by atoms with E-state index in [-0.39, 0.29) is 31.8 Å². The molecule has 0 aromatic heterocycles. The maximum atomic E-state index is 11.0. The van der Waals surface area contributed by atoms with Crippen molar-refractivity contribution in [3.63, 3.8) is 0 Å². The molecule has 6 nitrogen and oxygen atoms in total. The maximum absolute atomic E-state index is 11.0. The Bertz CT molecular complexity index is 1810. The average Bonchev–Trinajstić information content (AvgIpc) is 3.71. The van der Waals surface area contributed by atoms with Crippen LogP contribution in [-0.4, -0.2) is 27.0 Å². The van der Waals surface area contributed by atoms with Crippen LogP contribution >= 0.6 is 0 Å². The molecule has 0 bridgehead atoms. The molecule has 0 amide bonds. The Morgan fingerprint density at radius 3 is 2.00 bits per heavy atom. The van der Waals surface area contributed by atoms with Crippen molar-refractivity contribution in [2.75, 3.05) is 13.6 Å². The summed E-state index contributed by atoms with van der Waals surface area (Å²) < 4.78 is 30.9. The third kappa shape index (κ3) is 4.46. The van der Waals surface area contributed by atoms with Gasteiger partial charge in [0.25, 0.3) is 8.32 Å². The molecule has 1 N–H and O–H groups in total. The van der Waals surface area contributed by atoms with E-state index < -0.39 is 8.32 Å². The van der Waals surface area contributed by atoms with E-state index in [2.05, 4.69) is 82.3 Å². The number of aryl methyl sites for hydroxylation is 1. The summed E-state index contributed by atoms with van der Waals surface area (Å²) in [7, 11) is -2.90. The van der Waals surface area contributed by atoms with E-state index in [0.717, 1.165) is 38.6 Å². The molecule has 0 saturated carbocycles. The summed E-state index contributed by atoms with van der Waals surface area (Å²) in [5.41, 5.74) is 4.63. The van der Waals surface area contributed by atoms with Gasteiger partial charge in [-0.3, -0.25) is 0 Å². The second kappa shape index (κ2) is 11.0. The molecular weight excluding hydrogens is 568 g/mol. The predicted molar refractivity (Wildman–Crippen MR) is 175 cm³/mol. The summed E-state index contributed by atoms with van der Waals surface area (Å²) in [6, 6.07) is 31.2. The van der Waals surface area contributed by atoms with Gasteiger partial charge >= 0.3 is 0 Å². The molecule has 0 aliphatic carbocycles. The minimum absolute atomic E-state index is 0.132. The van der Waals surface area contributed by atoms with Crippen molar-refractivity contribution in [1.29, 1.82) is 0 Å². The first kappa shape index (κ1) is 28.5. The van der Waals surface area contributed by atoms with Crippen LogP contribution in [0.3, 0.4) is 0 Å². The molecule has 0 saturated heterocycles. The summed E-state index contributed by atoms with van der Waals surface area (Å²) >= 11 is 0. The Labute approximate surface area is 258 Å². The van der Waals surface area contributed by atoms with Gasteiger partial charge in [-0.15, -0.1) is 0 Å². The van der Waals surface area contributed by atoms with Crippen molar-refractivity contribution in [2.45, 2.75) is 45.9 Å². The largest absolute Gasteiger partial charge is 0.454 e. The van der Waals surface area contributed by atoms with Crippen molar-refractivity contribution in [3.05, 3.63) is 108 Å². The second-order valence-corrected chi connectivity index (χ2v) is 16.7. The summed E-state index contributed by atoms with van der Waals surface area (Å²) in [6.45, 7) is 9.38. The van der Waals surface area contributed by atoms with E-state index in [0.29, 0.717) is 23.0 Å². The first-order chi connectivity index (χ1) is 21.3. The predicted octanol–water partition coefficient (Wildman–Crippen LogP) is 6.84. The van der Waals surface area contributed by atoms with Gasteiger partial charge in [0.2, 0.25) is 13.6 Å². The molecule has 44 heavy (non-hydrogen) atoms. The molecule has 7 rings (SSSR count). The highest BCUT2D eigenvalue weighted by atomic mass is 28.4. The standard InChI is InChI=1S/C37H36O6Si/c1-24-28-16-18-32-36(42-23-40-32)35(28)34(25-15-17-31-33(19-25)41-22-39-31)30(29(24)20-38)21-43-44(37(2,3)4,26-11-7-5-8-12-26)27-13-9-6-10-14-27/h5-19,38H,20-23H2,1-4H3. The van der Waals surface area contributed by atoms with Crippen LogP contribution in [0.15, 0.2) is 91.0 Å². The topological polar surface area (TPSA) is 66.4 Å².